The molecule has 0 amide bonds. The fourth-order valence-electron chi connectivity index (χ4n) is 2.52. The molecule has 2 aromatic carbocycles. The minimum atomic E-state index is -4.99. The van der Waals surface area contributed by atoms with Crippen molar-refractivity contribution in [1.82, 2.24) is 4.72 Å². The highest BCUT2D eigenvalue weighted by Crippen LogP contribution is 2.37. The minimum absolute atomic E-state index is 0.0726. The van der Waals surface area contributed by atoms with Gasteiger partial charge in [-0.05, 0) is 41.3 Å². The van der Waals surface area contributed by atoms with Crippen molar-refractivity contribution in [2.75, 3.05) is 0 Å². The van der Waals surface area contributed by atoms with Gasteiger partial charge in [0.1, 0.15) is 11.8 Å². The van der Waals surface area contributed by atoms with Crippen LogP contribution < -0.4 is 4.72 Å². The molecule has 10 heteroatoms. The molecule has 0 spiro atoms. The van der Waals surface area contributed by atoms with Gasteiger partial charge in [-0.3, -0.25) is 4.79 Å². The van der Waals surface area contributed by atoms with Crippen molar-refractivity contribution in [2.45, 2.75) is 31.0 Å². The molecular formula is C18H18F3NO5S. The number of carboxylic acid groups (broad SMARTS) is 1. The van der Waals surface area contributed by atoms with Gasteiger partial charge >= 0.3 is 12.1 Å². The summed E-state index contributed by atoms with van der Waals surface area (Å²) in [6, 6.07) is 6.40. The number of hydrogen-bond donors (Lipinski definition) is 3. The van der Waals surface area contributed by atoms with Gasteiger partial charge in [-0.25, -0.2) is 8.42 Å². The van der Waals surface area contributed by atoms with Crippen LogP contribution in [0.4, 0.5) is 13.2 Å². The van der Waals surface area contributed by atoms with E-state index in [9.17, 15) is 31.5 Å². The fourth-order valence-corrected chi connectivity index (χ4v) is 4.07. The van der Waals surface area contributed by atoms with Gasteiger partial charge in [0, 0.05) is 0 Å². The standard InChI is InChI=1S/C18H18F3NO5S/c1-10(2)16(17(24)25)22-28(26,27)15-8-5-12(9-14(15)18(19,20)21)11-3-6-13(23)7-4-11/h3-10,16,22-23H,1-2H3,(H,24,25)/t16-/m1/s1. The number of carbonyl (C=O) groups is 1. The smallest absolute Gasteiger partial charge is 0.417 e. The van der Waals surface area contributed by atoms with E-state index in [1.807, 2.05) is 4.72 Å². The fraction of sp³-hybridized carbons (Fsp3) is 0.278. The van der Waals surface area contributed by atoms with Crippen molar-refractivity contribution in [2.24, 2.45) is 5.92 Å². The van der Waals surface area contributed by atoms with Crippen LogP contribution in [0.15, 0.2) is 47.4 Å². The van der Waals surface area contributed by atoms with E-state index in [1.54, 1.807) is 0 Å². The maximum Gasteiger partial charge on any atom is 0.417 e. The maximum atomic E-state index is 13.5. The Hall–Kier alpha value is -2.59. The molecule has 0 heterocycles. The number of rotatable bonds is 6. The van der Waals surface area contributed by atoms with Crippen molar-refractivity contribution in [3.8, 4) is 16.9 Å². The summed E-state index contributed by atoms with van der Waals surface area (Å²) in [5, 5.41) is 18.4. The van der Waals surface area contributed by atoms with Crippen LogP contribution in [0.1, 0.15) is 19.4 Å². The van der Waals surface area contributed by atoms with Crippen LogP contribution in [-0.4, -0.2) is 30.6 Å². The Kier molecular flexibility index (Phi) is 6.05. The zero-order valence-corrected chi connectivity index (χ0v) is 15.7. The Morgan fingerprint density at radius 2 is 1.57 bits per heavy atom. The molecular weight excluding hydrogens is 399 g/mol. The number of sulfonamides is 1. The first kappa shape index (κ1) is 21.7. The van der Waals surface area contributed by atoms with Crippen LogP contribution >= 0.6 is 0 Å². The number of phenolic OH excluding ortho intramolecular Hbond substituents is 1. The molecule has 0 aliphatic rings. The van der Waals surface area contributed by atoms with Gasteiger partial charge in [0.25, 0.3) is 0 Å². The number of hydrogen-bond acceptors (Lipinski definition) is 4. The molecule has 0 saturated carbocycles. The van der Waals surface area contributed by atoms with Gasteiger partial charge in [0.15, 0.2) is 0 Å². The topological polar surface area (TPSA) is 104 Å². The van der Waals surface area contributed by atoms with E-state index >= 15 is 0 Å². The number of alkyl halides is 3. The molecule has 2 rings (SSSR count). The second-order valence-electron chi connectivity index (χ2n) is 6.44. The number of benzene rings is 2. The van der Waals surface area contributed by atoms with Gasteiger partial charge in [0.05, 0.1) is 10.5 Å². The SMILES string of the molecule is CC(C)[C@@H](NS(=O)(=O)c1ccc(-c2ccc(O)cc2)cc1C(F)(F)F)C(=O)O. The van der Waals surface area contributed by atoms with Crippen molar-refractivity contribution >= 4 is 16.0 Å². The van der Waals surface area contributed by atoms with Crippen molar-refractivity contribution in [3.05, 3.63) is 48.0 Å². The second-order valence-corrected chi connectivity index (χ2v) is 8.12. The summed E-state index contributed by atoms with van der Waals surface area (Å²) in [6.45, 7) is 2.86. The maximum absolute atomic E-state index is 13.5. The highest BCUT2D eigenvalue weighted by Gasteiger charge is 2.39. The molecule has 28 heavy (non-hydrogen) atoms. The first-order valence-electron chi connectivity index (χ1n) is 8.08. The lowest BCUT2D eigenvalue weighted by Crippen LogP contribution is -2.44. The normalized spacial score (nSPS) is 13.5. The summed E-state index contributed by atoms with van der Waals surface area (Å²) in [5.41, 5.74) is -0.991. The lowest BCUT2D eigenvalue weighted by Gasteiger charge is -2.20. The molecule has 0 unspecified atom stereocenters. The summed E-state index contributed by atoms with van der Waals surface area (Å²) in [5.74, 6) is -2.25. The molecule has 0 bridgehead atoms. The average Bonchev–Trinajstić information content (AvgIpc) is 2.58. The zero-order chi connectivity index (χ0) is 21.3. The quantitative estimate of drug-likeness (QED) is 0.668. The van der Waals surface area contributed by atoms with E-state index in [-0.39, 0.29) is 11.3 Å². The summed E-state index contributed by atoms with van der Waals surface area (Å²) in [6.07, 6.45) is -4.99. The van der Waals surface area contributed by atoms with Gasteiger partial charge in [-0.15, -0.1) is 0 Å². The van der Waals surface area contributed by atoms with E-state index < -0.39 is 44.6 Å². The number of halogens is 3. The summed E-state index contributed by atoms with van der Waals surface area (Å²) in [4.78, 5) is 10.2. The first-order chi connectivity index (χ1) is 12.8. The Balaban J connectivity index is 2.57. The lowest BCUT2D eigenvalue weighted by molar-refractivity contribution is -0.140. The zero-order valence-electron chi connectivity index (χ0n) is 14.9. The molecule has 0 saturated heterocycles. The summed E-state index contributed by atoms with van der Waals surface area (Å²) >= 11 is 0. The average molecular weight is 417 g/mol. The Morgan fingerprint density at radius 1 is 1.04 bits per heavy atom. The number of aliphatic carboxylic acids is 1. The molecule has 152 valence electrons. The monoisotopic (exact) mass is 417 g/mol. The number of aromatic hydroxyl groups is 1. The molecule has 0 aliphatic heterocycles. The third-order valence-corrected chi connectivity index (χ3v) is 5.49. The Labute approximate surface area is 159 Å². The molecule has 0 aromatic heterocycles. The van der Waals surface area contributed by atoms with Crippen LogP contribution in [0, 0.1) is 5.92 Å². The minimum Gasteiger partial charge on any atom is -0.508 e. The largest absolute Gasteiger partial charge is 0.508 e. The number of carboxylic acids is 1. The van der Waals surface area contributed by atoms with E-state index in [0.29, 0.717) is 11.6 Å². The third-order valence-electron chi connectivity index (χ3n) is 3.99. The second kappa shape index (κ2) is 7.80. The van der Waals surface area contributed by atoms with Crippen LogP contribution in [-0.2, 0) is 21.0 Å². The van der Waals surface area contributed by atoms with Gasteiger partial charge in [-0.2, -0.15) is 17.9 Å². The van der Waals surface area contributed by atoms with E-state index in [0.717, 1.165) is 6.07 Å². The predicted molar refractivity (Wildman–Crippen MR) is 95.1 cm³/mol. The summed E-state index contributed by atoms with van der Waals surface area (Å²) < 4.78 is 67.5. The van der Waals surface area contributed by atoms with E-state index in [2.05, 4.69) is 0 Å². The molecule has 6 nitrogen and oxygen atoms in total. The Morgan fingerprint density at radius 3 is 2.04 bits per heavy atom. The predicted octanol–water partition coefficient (Wildman–Crippen LogP) is 3.47. The van der Waals surface area contributed by atoms with Crippen LogP contribution in [0.25, 0.3) is 11.1 Å². The van der Waals surface area contributed by atoms with Crippen molar-refractivity contribution in [1.29, 1.82) is 0 Å². The van der Waals surface area contributed by atoms with Crippen molar-refractivity contribution < 1.29 is 36.6 Å². The highest BCUT2D eigenvalue weighted by molar-refractivity contribution is 7.89. The van der Waals surface area contributed by atoms with Gasteiger partial charge < -0.3 is 10.2 Å². The molecule has 1 atom stereocenters. The lowest BCUT2D eigenvalue weighted by atomic mass is 10.0. The van der Waals surface area contributed by atoms with Crippen LogP contribution in [0.3, 0.4) is 0 Å². The van der Waals surface area contributed by atoms with Crippen LogP contribution in [0.2, 0.25) is 0 Å². The first-order valence-corrected chi connectivity index (χ1v) is 9.57. The van der Waals surface area contributed by atoms with Gasteiger partial charge in [0.2, 0.25) is 10.0 Å². The molecule has 0 radical (unpaired) electrons. The Bertz CT molecular complexity index is 970. The van der Waals surface area contributed by atoms with Crippen LogP contribution in [0.5, 0.6) is 5.75 Å². The van der Waals surface area contributed by atoms with E-state index in [1.165, 1.54) is 44.2 Å². The molecule has 2 aromatic rings. The highest BCUT2D eigenvalue weighted by atomic mass is 32.2. The number of nitrogens with one attached hydrogen (secondary N) is 1. The molecule has 0 aliphatic carbocycles. The molecule has 0 fully saturated rings. The van der Waals surface area contributed by atoms with Crippen molar-refractivity contribution in [3.63, 3.8) is 0 Å². The van der Waals surface area contributed by atoms with E-state index in [4.69, 9.17) is 5.11 Å². The van der Waals surface area contributed by atoms with Gasteiger partial charge in [-0.1, -0.05) is 32.0 Å². The summed E-state index contributed by atoms with van der Waals surface area (Å²) in [7, 11) is -4.76. The third kappa shape index (κ3) is 4.82. The number of phenols is 1. The molecule has 3 N–H and O–H groups in total.